The Labute approximate surface area is 107 Å². The van der Waals surface area contributed by atoms with Gasteiger partial charge in [-0.15, -0.1) is 0 Å². The van der Waals surface area contributed by atoms with Crippen LogP contribution in [0, 0.1) is 0 Å². The third kappa shape index (κ3) is 4.46. The van der Waals surface area contributed by atoms with Crippen molar-refractivity contribution in [2.45, 2.75) is 24.3 Å². The Hall–Kier alpha value is -1.40. The van der Waals surface area contributed by atoms with Crippen LogP contribution in [0.25, 0.3) is 0 Å². The first-order valence-electron chi connectivity index (χ1n) is 5.63. The molecule has 6 heteroatoms. The highest BCUT2D eigenvalue weighted by molar-refractivity contribution is 7.91. The summed E-state index contributed by atoms with van der Waals surface area (Å²) in [5.74, 6) is -0.614. The van der Waals surface area contributed by atoms with Gasteiger partial charge in [-0.1, -0.05) is 18.2 Å². The van der Waals surface area contributed by atoms with Gasteiger partial charge >= 0.3 is 0 Å². The van der Waals surface area contributed by atoms with Crippen molar-refractivity contribution < 1.29 is 18.3 Å². The summed E-state index contributed by atoms with van der Waals surface area (Å²) < 4.78 is 23.7. The van der Waals surface area contributed by atoms with Crippen LogP contribution in [-0.4, -0.2) is 37.8 Å². The van der Waals surface area contributed by atoms with Crippen LogP contribution in [0.1, 0.15) is 13.3 Å². The SMILES string of the molecule is C[C@H](CO)NC(=O)CCS(=O)(=O)c1ccccc1. The van der Waals surface area contributed by atoms with E-state index in [-0.39, 0.29) is 35.6 Å². The largest absolute Gasteiger partial charge is 0.394 e. The maximum atomic E-state index is 11.9. The van der Waals surface area contributed by atoms with Gasteiger partial charge in [-0.25, -0.2) is 8.42 Å². The lowest BCUT2D eigenvalue weighted by atomic mass is 10.3. The highest BCUT2D eigenvalue weighted by Gasteiger charge is 2.16. The van der Waals surface area contributed by atoms with Crippen molar-refractivity contribution in [1.29, 1.82) is 0 Å². The monoisotopic (exact) mass is 271 g/mol. The van der Waals surface area contributed by atoms with Crippen molar-refractivity contribution >= 4 is 15.7 Å². The van der Waals surface area contributed by atoms with Crippen molar-refractivity contribution in [3.63, 3.8) is 0 Å². The molecule has 0 aliphatic rings. The molecule has 0 radical (unpaired) electrons. The Bertz CT molecular complexity index is 484. The van der Waals surface area contributed by atoms with Crippen LogP contribution in [0.2, 0.25) is 0 Å². The van der Waals surface area contributed by atoms with Gasteiger partial charge in [0.15, 0.2) is 9.84 Å². The molecular weight excluding hydrogens is 254 g/mol. The molecule has 0 aliphatic heterocycles. The summed E-state index contributed by atoms with van der Waals surface area (Å²) >= 11 is 0. The van der Waals surface area contributed by atoms with Gasteiger partial charge in [0, 0.05) is 12.5 Å². The van der Waals surface area contributed by atoms with Crippen LogP contribution in [0.5, 0.6) is 0 Å². The molecule has 0 unspecified atom stereocenters. The van der Waals surface area contributed by atoms with Gasteiger partial charge in [-0.2, -0.15) is 0 Å². The minimum atomic E-state index is -3.42. The van der Waals surface area contributed by atoms with Gasteiger partial charge in [0.25, 0.3) is 0 Å². The average Bonchev–Trinajstić information content (AvgIpc) is 2.37. The van der Waals surface area contributed by atoms with E-state index in [2.05, 4.69) is 5.32 Å². The van der Waals surface area contributed by atoms with Crippen LogP contribution < -0.4 is 5.32 Å². The van der Waals surface area contributed by atoms with Gasteiger partial charge in [-0.05, 0) is 19.1 Å². The number of sulfone groups is 1. The Morgan fingerprint density at radius 3 is 2.50 bits per heavy atom. The van der Waals surface area contributed by atoms with E-state index in [1.54, 1.807) is 25.1 Å². The number of rotatable bonds is 6. The summed E-state index contributed by atoms with van der Waals surface area (Å²) in [6, 6.07) is 7.65. The fourth-order valence-electron chi connectivity index (χ4n) is 1.37. The second kappa shape index (κ2) is 6.51. The lowest BCUT2D eigenvalue weighted by Gasteiger charge is -2.10. The zero-order valence-corrected chi connectivity index (χ0v) is 11.0. The van der Waals surface area contributed by atoms with Gasteiger partial charge in [0.2, 0.25) is 5.91 Å². The number of benzene rings is 1. The number of hydrogen-bond donors (Lipinski definition) is 2. The molecule has 0 heterocycles. The van der Waals surface area contributed by atoms with E-state index in [1.165, 1.54) is 12.1 Å². The van der Waals surface area contributed by atoms with E-state index in [0.717, 1.165) is 0 Å². The number of amides is 1. The van der Waals surface area contributed by atoms with Crippen molar-refractivity contribution in [1.82, 2.24) is 5.32 Å². The standard InChI is InChI=1S/C12H17NO4S/c1-10(9-14)13-12(15)7-8-18(16,17)11-5-3-2-4-6-11/h2-6,10,14H,7-9H2,1H3,(H,13,15)/t10-/m1/s1. The number of carbonyl (C=O) groups is 1. The van der Waals surface area contributed by atoms with E-state index in [9.17, 15) is 13.2 Å². The molecule has 0 bridgehead atoms. The van der Waals surface area contributed by atoms with Crippen molar-refractivity contribution in [3.05, 3.63) is 30.3 Å². The molecule has 5 nitrogen and oxygen atoms in total. The predicted octanol–water partition coefficient (Wildman–Crippen LogP) is 0.347. The lowest BCUT2D eigenvalue weighted by molar-refractivity contribution is -0.121. The normalized spacial score (nSPS) is 13.0. The molecule has 1 aromatic carbocycles. The summed E-state index contributed by atoms with van der Waals surface area (Å²) in [5, 5.41) is 11.3. The first-order chi connectivity index (χ1) is 8.45. The van der Waals surface area contributed by atoms with Gasteiger partial charge in [0.1, 0.15) is 0 Å². The van der Waals surface area contributed by atoms with Gasteiger partial charge < -0.3 is 10.4 Å². The van der Waals surface area contributed by atoms with E-state index >= 15 is 0 Å². The molecule has 2 N–H and O–H groups in total. The van der Waals surface area contributed by atoms with Gasteiger partial charge in [0.05, 0.1) is 17.3 Å². The summed E-state index contributed by atoms with van der Waals surface area (Å²) in [6.45, 7) is 1.47. The lowest BCUT2D eigenvalue weighted by Crippen LogP contribution is -2.35. The number of aliphatic hydroxyl groups is 1. The molecule has 0 saturated heterocycles. The summed E-state index contributed by atoms with van der Waals surface area (Å²) in [7, 11) is -3.42. The van der Waals surface area contributed by atoms with Crippen molar-refractivity contribution in [2.75, 3.05) is 12.4 Å². The summed E-state index contributed by atoms with van der Waals surface area (Å²) in [5.41, 5.74) is 0. The molecule has 1 rings (SSSR count). The number of aliphatic hydroxyl groups excluding tert-OH is 1. The molecule has 1 amide bonds. The van der Waals surface area contributed by atoms with Crippen LogP contribution in [0.4, 0.5) is 0 Å². The Morgan fingerprint density at radius 1 is 1.33 bits per heavy atom. The first kappa shape index (κ1) is 14.7. The van der Waals surface area contributed by atoms with Crippen molar-refractivity contribution in [3.8, 4) is 0 Å². The maximum absolute atomic E-state index is 11.9. The Morgan fingerprint density at radius 2 is 1.94 bits per heavy atom. The fourth-order valence-corrected chi connectivity index (χ4v) is 2.63. The third-order valence-electron chi connectivity index (χ3n) is 2.38. The highest BCUT2D eigenvalue weighted by Crippen LogP contribution is 2.10. The summed E-state index contributed by atoms with van der Waals surface area (Å²) in [6.07, 6.45) is -0.110. The number of carbonyl (C=O) groups excluding carboxylic acids is 1. The smallest absolute Gasteiger partial charge is 0.221 e. The average molecular weight is 271 g/mol. The third-order valence-corrected chi connectivity index (χ3v) is 4.11. The maximum Gasteiger partial charge on any atom is 0.221 e. The van der Waals surface area contributed by atoms with Crippen LogP contribution in [0.3, 0.4) is 0 Å². The predicted molar refractivity (Wildman–Crippen MR) is 67.8 cm³/mol. The quantitative estimate of drug-likeness (QED) is 0.782. The molecule has 0 aliphatic carbocycles. The Kier molecular flexibility index (Phi) is 5.30. The minimum absolute atomic E-state index is 0.110. The molecule has 1 aromatic rings. The highest BCUT2D eigenvalue weighted by atomic mass is 32.2. The van der Waals surface area contributed by atoms with E-state index < -0.39 is 9.84 Å². The van der Waals surface area contributed by atoms with Crippen LogP contribution in [0.15, 0.2) is 35.2 Å². The molecule has 0 saturated carbocycles. The topological polar surface area (TPSA) is 83.5 Å². The first-order valence-corrected chi connectivity index (χ1v) is 7.29. The van der Waals surface area contributed by atoms with E-state index in [4.69, 9.17) is 5.11 Å². The minimum Gasteiger partial charge on any atom is -0.394 e. The molecule has 1 atom stereocenters. The molecule has 0 spiro atoms. The van der Waals surface area contributed by atoms with Crippen LogP contribution in [-0.2, 0) is 14.6 Å². The molecule has 0 aromatic heterocycles. The second-order valence-electron chi connectivity index (χ2n) is 4.03. The molecule has 100 valence electrons. The molecule has 18 heavy (non-hydrogen) atoms. The number of hydrogen-bond acceptors (Lipinski definition) is 4. The molecular formula is C12H17NO4S. The second-order valence-corrected chi connectivity index (χ2v) is 6.14. The van der Waals surface area contributed by atoms with E-state index in [1.807, 2.05) is 0 Å². The van der Waals surface area contributed by atoms with Crippen LogP contribution >= 0.6 is 0 Å². The van der Waals surface area contributed by atoms with Crippen molar-refractivity contribution in [2.24, 2.45) is 0 Å². The van der Waals surface area contributed by atoms with E-state index in [0.29, 0.717) is 0 Å². The van der Waals surface area contributed by atoms with Gasteiger partial charge in [-0.3, -0.25) is 4.79 Å². The Balaban J connectivity index is 2.56. The fraction of sp³-hybridized carbons (Fsp3) is 0.417. The number of nitrogens with one attached hydrogen (secondary N) is 1. The molecule has 0 fully saturated rings. The zero-order chi connectivity index (χ0) is 13.6. The zero-order valence-electron chi connectivity index (χ0n) is 10.2. The summed E-state index contributed by atoms with van der Waals surface area (Å²) in [4.78, 5) is 11.6.